The van der Waals surface area contributed by atoms with E-state index in [0.717, 1.165) is 29.9 Å². The van der Waals surface area contributed by atoms with Gasteiger partial charge < -0.3 is 9.88 Å². The molecule has 2 aromatic carbocycles. The summed E-state index contributed by atoms with van der Waals surface area (Å²) in [7, 11) is 0. The summed E-state index contributed by atoms with van der Waals surface area (Å²) >= 11 is 1.37. The molecule has 1 aromatic heterocycles. The maximum atomic E-state index is 12.7. The predicted molar refractivity (Wildman–Crippen MR) is 116 cm³/mol. The molecule has 1 amide bonds. The highest BCUT2D eigenvalue weighted by atomic mass is 32.2. The Balaban J connectivity index is 1.80. The number of thioether (sulfide) groups is 1. The molecular formula is C22H23N5OS. The molecule has 0 spiro atoms. The Morgan fingerprint density at radius 2 is 2.03 bits per heavy atom. The van der Waals surface area contributed by atoms with Gasteiger partial charge in [-0.05, 0) is 38.5 Å². The fraction of sp³-hybridized carbons (Fsp3) is 0.273. The van der Waals surface area contributed by atoms with E-state index in [-0.39, 0.29) is 5.91 Å². The van der Waals surface area contributed by atoms with Crippen LogP contribution in [0.25, 0.3) is 11.4 Å². The quantitative estimate of drug-likeness (QED) is 0.578. The first kappa shape index (κ1) is 20.6. The van der Waals surface area contributed by atoms with E-state index in [1.807, 2.05) is 32.0 Å². The minimum absolute atomic E-state index is 0.180. The molecule has 0 bridgehead atoms. The second-order valence-electron chi connectivity index (χ2n) is 6.73. The Morgan fingerprint density at radius 3 is 2.76 bits per heavy atom. The second kappa shape index (κ2) is 9.39. The molecule has 0 saturated heterocycles. The van der Waals surface area contributed by atoms with Crippen molar-refractivity contribution in [1.82, 2.24) is 14.8 Å². The minimum atomic E-state index is -0.396. The number of benzene rings is 2. The van der Waals surface area contributed by atoms with Crippen molar-refractivity contribution in [3.63, 3.8) is 0 Å². The SMILES string of the molecule is CCCn1c(S[C@H](C)C(=O)Nc2ccccc2C#N)nnc1-c1cccc(C)c1. The van der Waals surface area contributed by atoms with Gasteiger partial charge in [-0.25, -0.2) is 0 Å². The summed E-state index contributed by atoms with van der Waals surface area (Å²) in [4.78, 5) is 12.7. The van der Waals surface area contributed by atoms with Crippen LogP contribution in [0.5, 0.6) is 0 Å². The van der Waals surface area contributed by atoms with Crippen LogP contribution in [0.1, 0.15) is 31.4 Å². The number of rotatable bonds is 7. The number of amides is 1. The number of carbonyl (C=O) groups is 1. The lowest BCUT2D eigenvalue weighted by molar-refractivity contribution is -0.115. The Bertz CT molecular complexity index is 1050. The van der Waals surface area contributed by atoms with Crippen LogP contribution in [0.15, 0.2) is 53.7 Å². The maximum absolute atomic E-state index is 12.7. The van der Waals surface area contributed by atoms with Crippen molar-refractivity contribution in [3.05, 3.63) is 59.7 Å². The van der Waals surface area contributed by atoms with Crippen LogP contribution >= 0.6 is 11.8 Å². The molecule has 0 radical (unpaired) electrons. The van der Waals surface area contributed by atoms with Gasteiger partial charge in [-0.15, -0.1) is 10.2 Å². The summed E-state index contributed by atoms with van der Waals surface area (Å²) in [6, 6.07) is 17.2. The number of carbonyl (C=O) groups excluding carboxylic acids is 1. The molecule has 1 N–H and O–H groups in total. The number of para-hydroxylation sites is 1. The molecule has 29 heavy (non-hydrogen) atoms. The first-order chi connectivity index (χ1) is 14.0. The molecular weight excluding hydrogens is 382 g/mol. The first-order valence-corrected chi connectivity index (χ1v) is 10.4. The van der Waals surface area contributed by atoms with Crippen LogP contribution in [0.2, 0.25) is 0 Å². The monoisotopic (exact) mass is 405 g/mol. The highest BCUT2D eigenvalue weighted by Gasteiger charge is 2.21. The number of aromatic nitrogens is 3. The van der Waals surface area contributed by atoms with Gasteiger partial charge in [0, 0.05) is 12.1 Å². The number of nitrogens with zero attached hydrogens (tertiary/aromatic N) is 4. The van der Waals surface area contributed by atoms with Gasteiger partial charge in [-0.1, -0.05) is 54.6 Å². The van der Waals surface area contributed by atoms with Gasteiger partial charge in [-0.2, -0.15) is 5.26 Å². The largest absolute Gasteiger partial charge is 0.324 e. The average Bonchev–Trinajstić information content (AvgIpc) is 3.11. The van der Waals surface area contributed by atoms with Crippen molar-refractivity contribution in [2.24, 2.45) is 0 Å². The fourth-order valence-corrected chi connectivity index (χ4v) is 3.81. The highest BCUT2D eigenvalue weighted by molar-refractivity contribution is 8.00. The van der Waals surface area contributed by atoms with Gasteiger partial charge in [0.2, 0.25) is 5.91 Å². The molecule has 1 heterocycles. The molecule has 3 aromatic rings. The summed E-state index contributed by atoms with van der Waals surface area (Å²) in [5.41, 5.74) is 3.13. The molecule has 0 aliphatic rings. The Hall–Kier alpha value is -3.11. The highest BCUT2D eigenvalue weighted by Crippen LogP contribution is 2.28. The number of aryl methyl sites for hydroxylation is 1. The van der Waals surface area contributed by atoms with Crippen LogP contribution in [-0.4, -0.2) is 25.9 Å². The summed E-state index contributed by atoms with van der Waals surface area (Å²) < 4.78 is 2.06. The third kappa shape index (κ3) is 4.84. The van der Waals surface area contributed by atoms with E-state index in [1.54, 1.807) is 24.3 Å². The van der Waals surface area contributed by atoms with E-state index in [2.05, 4.69) is 39.1 Å². The molecule has 3 rings (SSSR count). The molecule has 0 saturated carbocycles. The van der Waals surface area contributed by atoms with Gasteiger partial charge in [0.1, 0.15) is 6.07 Å². The van der Waals surface area contributed by atoms with Gasteiger partial charge >= 0.3 is 0 Å². The zero-order chi connectivity index (χ0) is 20.8. The van der Waals surface area contributed by atoms with Crippen LogP contribution < -0.4 is 5.32 Å². The average molecular weight is 406 g/mol. The van der Waals surface area contributed by atoms with Crippen LogP contribution in [0.3, 0.4) is 0 Å². The third-order valence-corrected chi connectivity index (χ3v) is 5.48. The molecule has 0 fully saturated rings. The molecule has 0 aliphatic heterocycles. The Kier molecular flexibility index (Phi) is 6.68. The molecule has 148 valence electrons. The fourth-order valence-electron chi connectivity index (χ4n) is 2.93. The van der Waals surface area contributed by atoms with Crippen molar-refractivity contribution < 1.29 is 4.79 Å². The van der Waals surface area contributed by atoms with Gasteiger partial charge in [-0.3, -0.25) is 4.79 Å². The zero-order valence-corrected chi connectivity index (χ0v) is 17.5. The summed E-state index contributed by atoms with van der Waals surface area (Å²) in [6.07, 6.45) is 0.931. The first-order valence-electron chi connectivity index (χ1n) is 9.50. The molecule has 0 aliphatic carbocycles. The molecule has 6 nitrogen and oxygen atoms in total. The van der Waals surface area contributed by atoms with E-state index in [9.17, 15) is 10.1 Å². The molecule has 7 heteroatoms. The van der Waals surface area contributed by atoms with E-state index in [1.165, 1.54) is 11.8 Å². The van der Waals surface area contributed by atoms with Gasteiger partial charge in [0.15, 0.2) is 11.0 Å². The van der Waals surface area contributed by atoms with E-state index < -0.39 is 5.25 Å². The maximum Gasteiger partial charge on any atom is 0.237 e. The van der Waals surface area contributed by atoms with Crippen molar-refractivity contribution >= 4 is 23.4 Å². The lowest BCUT2D eigenvalue weighted by atomic mass is 10.1. The van der Waals surface area contributed by atoms with E-state index in [0.29, 0.717) is 16.4 Å². The van der Waals surface area contributed by atoms with Crippen molar-refractivity contribution in [2.45, 2.75) is 44.1 Å². The minimum Gasteiger partial charge on any atom is -0.324 e. The molecule has 0 unspecified atom stereocenters. The second-order valence-corrected chi connectivity index (χ2v) is 8.04. The molecule has 1 atom stereocenters. The number of nitrogens with one attached hydrogen (secondary N) is 1. The lowest BCUT2D eigenvalue weighted by Crippen LogP contribution is -2.23. The van der Waals surface area contributed by atoms with Crippen LogP contribution in [-0.2, 0) is 11.3 Å². The van der Waals surface area contributed by atoms with Crippen molar-refractivity contribution in [1.29, 1.82) is 5.26 Å². The third-order valence-electron chi connectivity index (χ3n) is 4.40. The Labute approximate surface area is 175 Å². The summed E-state index contributed by atoms with van der Waals surface area (Å²) in [5.74, 6) is 0.626. The van der Waals surface area contributed by atoms with Crippen molar-refractivity contribution in [2.75, 3.05) is 5.32 Å². The predicted octanol–water partition coefficient (Wildman–Crippen LogP) is 4.65. The van der Waals surface area contributed by atoms with Crippen molar-refractivity contribution in [3.8, 4) is 17.5 Å². The summed E-state index contributed by atoms with van der Waals surface area (Å²) in [6.45, 7) is 6.74. The number of anilines is 1. The van der Waals surface area contributed by atoms with Crippen LogP contribution in [0.4, 0.5) is 5.69 Å². The number of hydrogen-bond donors (Lipinski definition) is 1. The van der Waals surface area contributed by atoms with Gasteiger partial charge in [0.25, 0.3) is 0 Å². The Morgan fingerprint density at radius 1 is 1.24 bits per heavy atom. The smallest absolute Gasteiger partial charge is 0.237 e. The number of hydrogen-bond acceptors (Lipinski definition) is 5. The topological polar surface area (TPSA) is 83.6 Å². The lowest BCUT2D eigenvalue weighted by Gasteiger charge is -2.14. The van der Waals surface area contributed by atoms with E-state index >= 15 is 0 Å². The standard InChI is InChI=1S/C22H23N5OS/c1-4-12-27-20(17-10-7-8-15(2)13-17)25-26-22(27)29-16(3)21(28)24-19-11-6-5-9-18(19)14-23/h5-11,13,16H,4,12H2,1-3H3,(H,24,28)/t16-/m1/s1. The van der Waals surface area contributed by atoms with Gasteiger partial charge in [0.05, 0.1) is 16.5 Å². The zero-order valence-electron chi connectivity index (χ0n) is 16.7. The normalized spacial score (nSPS) is 11.7. The van der Waals surface area contributed by atoms with Crippen LogP contribution in [0, 0.1) is 18.3 Å². The summed E-state index contributed by atoms with van der Waals surface area (Å²) in [5, 5.41) is 21.1. The number of nitriles is 1. The van der Waals surface area contributed by atoms with E-state index in [4.69, 9.17) is 0 Å².